The number of hydrogen-bond donors (Lipinski definition) is 1. The fraction of sp³-hybridized carbons (Fsp3) is 0.263. The minimum Gasteiger partial charge on any atom is -0.322 e. The second-order valence-corrected chi connectivity index (χ2v) is 8.30. The molecule has 2 aromatic carbocycles. The molecule has 1 heterocycles. The van der Waals surface area contributed by atoms with Gasteiger partial charge in [0.25, 0.3) is 5.91 Å². The van der Waals surface area contributed by atoms with Crippen molar-refractivity contribution in [2.24, 2.45) is 0 Å². The van der Waals surface area contributed by atoms with Gasteiger partial charge in [-0.15, -0.1) is 0 Å². The Morgan fingerprint density at radius 1 is 1.15 bits per heavy atom. The highest BCUT2D eigenvalue weighted by Gasteiger charge is 2.23. The summed E-state index contributed by atoms with van der Waals surface area (Å²) in [5, 5.41) is 2.73. The molecule has 2 amide bonds. The molecule has 1 fully saturated rings. The van der Waals surface area contributed by atoms with Crippen LogP contribution in [0.4, 0.5) is 11.4 Å². The zero-order chi connectivity index (χ0) is 18.7. The molecule has 1 N–H and O–H groups in total. The average molecular weight is 372 g/mol. The molecule has 3 rings (SSSR count). The van der Waals surface area contributed by atoms with Crippen molar-refractivity contribution in [1.29, 1.82) is 0 Å². The third kappa shape index (κ3) is 3.62. The van der Waals surface area contributed by atoms with Crippen LogP contribution in [0, 0.1) is 0 Å². The van der Waals surface area contributed by atoms with Gasteiger partial charge in [0.15, 0.2) is 9.84 Å². The Morgan fingerprint density at radius 3 is 2.62 bits per heavy atom. The van der Waals surface area contributed by atoms with E-state index in [9.17, 15) is 18.0 Å². The molecule has 0 aliphatic carbocycles. The van der Waals surface area contributed by atoms with Crippen LogP contribution in [0.1, 0.15) is 30.1 Å². The number of rotatable bonds is 5. The number of carbonyl (C=O) groups excluding carboxylic acids is 2. The SMILES string of the molecule is CCS(=O)(=O)c1ccccc1C(=O)Nc1cccc(N2CCCC2=O)c1. The molecule has 1 saturated heterocycles. The smallest absolute Gasteiger partial charge is 0.256 e. The number of anilines is 2. The predicted molar refractivity (Wildman–Crippen MR) is 100 cm³/mol. The molecule has 0 saturated carbocycles. The summed E-state index contributed by atoms with van der Waals surface area (Å²) in [5.41, 5.74) is 1.34. The number of carbonyl (C=O) groups is 2. The zero-order valence-electron chi connectivity index (χ0n) is 14.4. The summed E-state index contributed by atoms with van der Waals surface area (Å²) in [5.74, 6) is -0.514. The first-order valence-corrected chi connectivity index (χ1v) is 10.1. The fourth-order valence-electron chi connectivity index (χ4n) is 2.95. The van der Waals surface area contributed by atoms with E-state index < -0.39 is 15.7 Å². The van der Waals surface area contributed by atoms with Crippen LogP contribution in [0.2, 0.25) is 0 Å². The number of hydrogen-bond acceptors (Lipinski definition) is 4. The van der Waals surface area contributed by atoms with Crippen molar-refractivity contribution in [3.8, 4) is 0 Å². The fourth-order valence-corrected chi connectivity index (χ4v) is 4.04. The lowest BCUT2D eigenvalue weighted by molar-refractivity contribution is -0.117. The van der Waals surface area contributed by atoms with E-state index in [0.717, 1.165) is 12.1 Å². The van der Waals surface area contributed by atoms with Gasteiger partial charge < -0.3 is 10.2 Å². The van der Waals surface area contributed by atoms with Gasteiger partial charge in [-0.05, 0) is 36.8 Å². The predicted octanol–water partition coefficient (Wildman–Crippen LogP) is 2.86. The van der Waals surface area contributed by atoms with Gasteiger partial charge in [0, 0.05) is 24.3 Å². The van der Waals surface area contributed by atoms with Crippen molar-refractivity contribution in [2.75, 3.05) is 22.5 Å². The second kappa shape index (κ2) is 7.29. The van der Waals surface area contributed by atoms with Crippen molar-refractivity contribution in [3.05, 3.63) is 54.1 Å². The van der Waals surface area contributed by atoms with Crippen LogP contribution in [0.5, 0.6) is 0 Å². The Hall–Kier alpha value is -2.67. The molecule has 0 spiro atoms. The number of nitrogens with one attached hydrogen (secondary N) is 1. The Labute approximate surface area is 152 Å². The highest BCUT2D eigenvalue weighted by Crippen LogP contribution is 2.25. The number of sulfone groups is 1. The molecule has 136 valence electrons. The van der Waals surface area contributed by atoms with E-state index in [1.165, 1.54) is 12.1 Å². The summed E-state index contributed by atoms with van der Waals surface area (Å²) in [6.07, 6.45) is 1.34. The molecule has 0 aromatic heterocycles. The van der Waals surface area contributed by atoms with Crippen LogP contribution < -0.4 is 10.2 Å². The Morgan fingerprint density at radius 2 is 1.92 bits per heavy atom. The molecule has 7 heteroatoms. The van der Waals surface area contributed by atoms with Gasteiger partial charge in [-0.3, -0.25) is 9.59 Å². The number of nitrogens with zero attached hydrogens (tertiary/aromatic N) is 1. The van der Waals surface area contributed by atoms with E-state index in [1.54, 1.807) is 42.2 Å². The normalized spacial score (nSPS) is 14.5. The Bertz CT molecular complexity index is 954. The van der Waals surface area contributed by atoms with E-state index in [0.29, 0.717) is 18.7 Å². The summed E-state index contributed by atoms with van der Waals surface area (Å²) in [6.45, 7) is 2.20. The van der Waals surface area contributed by atoms with Crippen LogP contribution in [-0.2, 0) is 14.6 Å². The molecule has 0 radical (unpaired) electrons. The van der Waals surface area contributed by atoms with Crippen molar-refractivity contribution < 1.29 is 18.0 Å². The van der Waals surface area contributed by atoms with E-state index >= 15 is 0 Å². The molecule has 26 heavy (non-hydrogen) atoms. The summed E-state index contributed by atoms with van der Waals surface area (Å²) < 4.78 is 24.4. The van der Waals surface area contributed by atoms with Gasteiger partial charge in [0.2, 0.25) is 5.91 Å². The number of benzene rings is 2. The highest BCUT2D eigenvalue weighted by molar-refractivity contribution is 7.91. The molecule has 2 aromatic rings. The summed E-state index contributed by atoms with van der Waals surface area (Å²) in [7, 11) is -3.51. The molecular weight excluding hydrogens is 352 g/mol. The van der Waals surface area contributed by atoms with Crippen LogP contribution in [0.3, 0.4) is 0 Å². The van der Waals surface area contributed by atoms with Crippen LogP contribution in [0.15, 0.2) is 53.4 Å². The molecule has 0 unspecified atom stereocenters. The highest BCUT2D eigenvalue weighted by atomic mass is 32.2. The summed E-state index contributed by atoms with van der Waals surface area (Å²) in [4.78, 5) is 26.2. The van der Waals surface area contributed by atoms with E-state index in [4.69, 9.17) is 0 Å². The summed E-state index contributed by atoms with van der Waals surface area (Å²) >= 11 is 0. The first kappa shape index (κ1) is 18.1. The van der Waals surface area contributed by atoms with Gasteiger partial charge in [0.1, 0.15) is 0 Å². The lowest BCUT2D eigenvalue weighted by Gasteiger charge is -2.17. The molecule has 6 nitrogen and oxygen atoms in total. The molecule has 0 bridgehead atoms. The quantitative estimate of drug-likeness (QED) is 0.875. The van der Waals surface area contributed by atoms with Gasteiger partial charge >= 0.3 is 0 Å². The first-order chi connectivity index (χ1) is 12.4. The van der Waals surface area contributed by atoms with E-state index in [2.05, 4.69) is 5.32 Å². The van der Waals surface area contributed by atoms with Crippen molar-refractivity contribution in [1.82, 2.24) is 0 Å². The monoisotopic (exact) mass is 372 g/mol. The molecule has 0 atom stereocenters. The lowest BCUT2D eigenvalue weighted by atomic mass is 10.2. The minimum absolute atomic E-state index is 0.0193. The number of amides is 2. The van der Waals surface area contributed by atoms with Crippen molar-refractivity contribution in [3.63, 3.8) is 0 Å². The van der Waals surface area contributed by atoms with Crippen LogP contribution in [0.25, 0.3) is 0 Å². The third-order valence-corrected chi connectivity index (χ3v) is 6.12. The summed E-state index contributed by atoms with van der Waals surface area (Å²) in [6, 6.07) is 13.1. The first-order valence-electron chi connectivity index (χ1n) is 8.46. The lowest BCUT2D eigenvalue weighted by Crippen LogP contribution is -2.24. The second-order valence-electron chi connectivity index (χ2n) is 6.05. The van der Waals surface area contributed by atoms with Crippen molar-refractivity contribution in [2.45, 2.75) is 24.7 Å². The topological polar surface area (TPSA) is 83.6 Å². The largest absolute Gasteiger partial charge is 0.322 e. The molecular formula is C19H20N2O4S. The van der Waals surface area contributed by atoms with Crippen LogP contribution >= 0.6 is 0 Å². The maximum absolute atomic E-state index is 12.6. The van der Waals surface area contributed by atoms with Gasteiger partial charge in [0.05, 0.1) is 16.2 Å². The maximum atomic E-state index is 12.6. The molecule has 1 aliphatic rings. The van der Waals surface area contributed by atoms with Crippen molar-refractivity contribution >= 4 is 33.0 Å². The Balaban J connectivity index is 1.87. The molecule has 1 aliphatic heterocycles. The average Bonchev–Trinajstić information content (AvgIpc) is 3.08. The maximum Gasteiger partial charge on any atom is 0.256 e. The third-order valence-electron chi connectivity index (χ3n) is 4.34. The van der Waals surface area contributed by atoms with Gasteiger partial charge in [-0.1, -0.05) is 25.1 Å². The standard InChI is InChI=1S/C19H20N2O4S/c1-2-26(24,25)17-10-4-3-9-16(17)19(23)20-14-7-5-8-15(13-14)21-12-6-11-18(21)22/h3-5,7-10,13H,2,6,11-12H2,1H3,(H,20,23). The van der Waals surface area contributed by atoms with Crippen LogP contribution in [-0.4, -0.2) is 32.5 Å². The van der Waals surface area contributed by atoms with E-state index in [1.807, 2.05) is 6.07 Å². The van der Waals surface area contributed by atoms with E-state index in [-0.39, 0.29) is 22.1 Å². The van der Waals surface area contributed by atoms with Gasteiger partial charge in [-0.2, -0.15) is 0 Å². The van der Waals surface area contributed by atoms with Gasteiger partial charge in [-0.25, -0.2) is 8.42 Å². The minimum atomic E-state index is -3.51. The Kier molecular flexibility index (Phi) is 5.08. The zero-order valence-corrected chi connectivity index (χ0v) is 15.3.